The number of hydrogen-bond donors (Lipinski definition) is 1. The van der Waals surface area contributed by atoms with Crippen molar-refractivity contribution in [2.75, 3.05) is 0 Å². The third-order valence-corrected chi connectivity index (χ3v) is 12.1. The zero-order valence-corrected chi connectivity index (χ0v) is 25.7. The molecule has 1 fully saturated rings. The Morgan fingerprint density at radius 3 is 2.08 bits per heavy atom. The minimum Gasteiger partial charge on any atom is -0.478 e. The Hall–Kier alpha value is -2.84. The number of likely N-dealkylation sites (tertiary alicyclic amines) is 1. The van der Waals surface area contributed by atoms with Gasteiger partial charge in [0, 0.05) is 18.5 Å². The van der Waals surface area contributed by atoms with Gasteiger partial charge in [0.2, 0.25) is 0 Å². The lowest BCUT2D eigenvalue weighted by atomic mass is 10.0. The van der Waals surface area contributed by atoms with Gasteiger partial charge in [-0.25, -0.2) is 9.59 Å². The first-order valence-electron chi connectivity index (χ1n) is 13.8. The zero-order chi connectivity index (χ0) is 29.0. The van der Waals surface area contributed by atoms with Crippen molar-refractivity contribution in [1.82, 2.24) is 4.90 Å². The molecule has 0 bridgehead atoms. The maximum absolute atomic E-state index is 13.6. The van der Waals surface area contributed by atoms with Gasteiger partial charge in [0.25, 0.3) is 0 Å². The molecule has 7 nitrogen and oxygen atoms in total. The van der Waals surface area contributed by atoms with Crippen molar-refractivity contribution in [3.8, 4) is 5.75 Å². The quantitative estimate of drug-likeness (QED) is 0.255. The van der Waals surface area contributed by atoms with Gasteiger partial charge in [0.05, 0.1) is 5.56 Å². The molecule has 2 aromatic carbocycles. The monoisotopic (exact) mass is 555 g/mol. The molecule has 39 heavy (non-hydrogen) atoms. The number of aromatic carboxylic acids is 1. The molecule has 1 heterocycles. The van der Waals surface area contributed by atoms with Crippen LogP contribution in [0.1, 0.15) is 76.7 Å². The molecule has 0 saturated carbocycles. The maximum atomic E-state index is 13.6. The van der Waals surface area contributed by atoms with Gasteiger partial charge in [-0.05, 0) is 88.0 Å². The third kappa shape index (κ3) is 8.57. The molecular formula is C31H45NO6Si. The van der Waals surface area contributed by atoms with Crippen molar-refractivity contribution in [2.24, 2.45) is 0 Å². The lowest BCUT2D eigenvalue weighted by Gasteiger charge is -2.40. The highest BCUT2D eigenvalue weighted by Crippen LogP contribution is 2.39. The van der Waals surface area contributed by atoms with E-state index < -0.39 is 26.2 Å². The van der Waals surface area contributed by atoms with Crippen LogP contribution in [0, 0.1) is 0 Å². The van der Waals surface area contributed by atoms with E-state index in [9.17, 15) is 14.7 Å². The number of amides is 1. The summed E-state index contributed by atoms with van der Waals surface area (Å²) < 4.78 is 19.0. The van der Waals surface area contributed by atoms with Crippen molar-refractivity contribution >= 4 is 20.4 Å². The Morgan fingerprint density at radius 1 is 0.949 bits per heavy atom. The predicted molar refractivity (Wildman–Crippen MR) is 156 cm³/mol. The molecule has 1 aliphatic rings. The molecule has 1 aliphatic heterocycles. The highest BCUT2D eigenvalue weighted by molar-refractivity contribution is 6.74. The maximum Gasteiger partial charge on any atom is 0.410 e. The Bertz CT molecular complexity index is 1100. The summed E-state index contributed by atoms with van der Waals surface area (Å²) in [7, 11) is -2.18. The van der Waals surface area contributed by atoms with E-state index in [2.05, 4.69) is 33.9 Å². The number of nitrogens with zero attached hydrogens (tertiary/aromatic N) is 1. The van der Waals surface area contributed by atoms with E-state index in [-0.39, 0.29) is 28.8 Å². The normalized spacial score (nSPS) is 19.0. The van der Waals surface area contributed by atoms with Crippen molar-refractivity contribution in [1.29, 1.82) is 0 Å². The Morgan fingerprint density at radius 2 is 1.54 bits per heavy atom. The Labute approximate surface area is 234 Å². The van der Waals surface area contributed by atoms with Crippen molar-refractivity contribution in [2.45, 2.75) is 109 Å². The van der Waals surface area contributed by atoms with Crippen LogP contribution in [0.4, 0.5) is 4.79 Å². The van der Waals surface area contributed by atoms with Gasteiger partial charge in [-0.1, -0.05) is 51.1 Å². The van der Waals surface area contributed by atoms with E-state index in [1.807, 2.05) is 68.1 Å². The molecule has 3 rings (SSSR count). The number of hydrogen-bond acceptors (Lipinski definition) is 5. The van der Waals surface area contributed by atoms with E-state index in [1.165, 1.54) is 0 Å². The van der Waals surface area contributed by atoms with Crippen LogP contribution < -0.4 is 4.74 Å². The van der Waals surface area contributed by atoms with Crippen LogP contribution in [0.5, 0.6) is 5.75 Å². The molecule has 214 valence electrons. The summed E-state index contributed by atoms with van der Waals surface area (Å²) in [6.45, 7) is 16.6. The van der Waals surface area contributed by atoms with Crippen LogP contribution in [0.2, 0.25) is 18.1 Å². The summed E-state index contributed by atoms with van der Waals surface area (Å²) in [5.41, 5.74) is 0.597. The van der Waals surface area contributed by atoms with E-state index in [1.54, 1.807) is 12.1 Å². The van der Waals surface area contributed by atoms with Gasteiger partial charge in [0.1, 0.15) is 11.4 Å². The largest absolute Gasteiger partial charge is 0.478 e. The minimum atomic E-state index is -2.18. The number of ether oxygens (including phenoxy) is 2. The van der Waals surface area contributed by atoms with Crippen molar-refractivity contribution < 1.29 is 28.6 Å². The molecule has 0 aliphatic carbocycles. The molecule has 2 aromatic rings. The summed E-state index contributed by atoms with van der Waals surface area (Å²) in [5, 5.41) is 9.24. The van der Waals surface area contributed by atoms with E-state index in [0.717, 1.165) is 24.2 Å². The smallest absolute Gasteiger partial charge is 0.410 e. The lowest BCUT2D eigenvalue weighted by Crippen LogP contribution is -2.49. The third-order valence-electron chi connectivity index (χ3n) is 7.60. The second-order valence-corrected chi connectivity index (χ2v) is 17.7. The average Bonchev–Trinajstić information content (AvgIpc) is 3.20. The zero-order valence-electron chi connectivity index (χ0n) is 24.7. The van der Waals surface area contributed by atoms with Crippen LogP contribution >= 0.6 is 0 Å². The van der Waals surface area contributed by atoms with Crippen LogP contribution in [0.15, 0.2) is 54.6 Å². The van der Waals surface area contributed by atoms with Gasteiger partial charge < -0.3 is 23.9 Å². The molecule has 1 amide bonds. The van der Waals surface area contributed by atoms with Gasteiger partial charge in [-0.2, -0.15) is 0 Å². The molecule has 1 saturated heterocycles. The predicted octanol–water partition coefficient (Wildman–Crippen LogP) is 7.51. The molecule has 3 atom stereocenters. The number of benzene rings is 2. The molecule has 0 spiro atoms. The molecule has 1 unspecified atom stereocenters. The molecule has 0 radical (unpaired) electrons. The first-order chi connectivity index (χ1) is 18.1. The van der Waals surface area contributed by atoms with Crippen LogP contribution in [-0.4, -0.2) is 54.4 Å². The summed E-state index contributed by atoms with van der Waals surface area (Å²) in [6.07, 6.45) is 1.88. The second kappa shape index (κ2) is 12.1. The fourth-order valence-electron chi connectivity index (χ4n) is 4.56. The van der Waals surface area contributed by atoms with Crippen molar-refractivity contribution in [3.05, 3.63) is 65.7 Å². The SMILES string of the molecule is CC(C)(C)OC(=O)N1[C@@H](CC(Oc2ccccc2)O[Si](C)(C)C(C)(C)C)CC[C@H]1Cc1ccc(C(=O)O)cc1. The van der Waals surface area contributed by atoms with Gasteiger partial charge in [0.15, 0.2) is 14.6 Å². The van der Waals surface area contributed by atoms with Crippen molar-refractivity contribution in [3.63, 3.8) is 0 Å². The topological polar surface area (TPSA) is 85.3 Å². The summed E-state index contributed by atoms with van der Waals surface area (Å²) >= 11 is 0. The minimum absolute atomic E-state index is 0.00350. The van der Waals surface area contributed by atoms with Gasteiger partial charge >= 0.3 is 12.1 Å². The Balaban J connectivity index is 1.87. The van der Waals surface area contributed by atoms with Crippen LogP contribution in [0.3, 0.4) is 0 Å². The van der Waals surface area contributed by atoms with E-state index in [0.29, 0.717) is 12.8 Å². The van der Waals surface area contributed by atoms with E-state index in [4.69, 9.17) is 13.9 Å². The standard InChI is InChI=1S/C31H45NO6Si/c1-30(2,3)37-29(35)32-24(20-22-14-16-23(17-15-22)28(33)34)18-19-25(32)21-27(36-26-12-10-9-11-13-26)38-39(7,8)31(4,5)6/h9-17,24-25,27H,18-21H2,1-8H3,(H,33,34)/t24-,25+,27?/m0/s1. The molecule has 1 N–H and O–H groups in total. The number of carboxylic acids is 1. The number of carbonyl (C=O) groups excluding carboxylic acids is 1. The van der Waals surface area contributed by atoms with E-state index >= 15 is 0 Å². The Kier molecular flexibility index (Phi) is 9.54. The van der Waals surface area contributed by atoms with Crippen LogP contribution in [0.25, 0.3) is 0 Å². The number of carboxylic acid groups (broad SMARTS) is 1. The molecule has 8 heteroatoms. The summed E-state index contributed by atoms with van der Waals surface area (Å²) in [4.78, 5) is 26.7. The molecular weight excluding hydrogens is 510 g/mol. The first-order valence-corrected chi connectivity index (χ1v) is 16.7. The fourth-order valence-corrected chi connectivity index (χ4v) is 5.71. The summed E-state index contributed by atoms with van der Waals surface area (Å²) in [5.74, 6) is -0.220. The molecule has 0 aromatic heterocycles. The highest BCUT2D eigenvalue weighted by atomic mass is 28.4. The first kappa shape index (κ1) is 30.7. The average molecular weight is 556 g/mol. The number of rotatable bonds is 9. The van der Waals surface area contributed by atoms with Gasteiger partial charge in [-0.3, -0.25) is 0 Å². The summed E-state index contributed by atoms with van der Waals surface area (Å²) in [6, 6.07) is 16.3. The lowest BCUT2D eigenvalue weighted by molar-refractivity contribution is -0.0344. The fraction of sp³-hybridized carbons (Fsp3) is 0.548. The second-order valence-electron chi connectivity index (χ2n) is 13.0. The number of carbonyl (C=O) groups is 2. The van der Waals surface area contributed by atoms with Crippen LogP contribution in [-0.2, 0) is 15.6 Å². The highest BCUT2D eigenvalue weighted by Gasteiger charge is 2.44. The van der Waals surface area contributed by atoms with Gasteiger partial charge in [-0.15, -0.1) is 0 Å². The number of para-hydroxylation sites is 1.